The topological polar surface area (TPSA) is 117 Å². The summed E-state index contributed by atoms with van der Waals surface area (Å²) in [7, 11) is 1.16. The number of carbonyl (C=O) groups excluding carboxylic acids is 2. The molecule has 1 aromatic carbocycles. The maximum atomic E-state index is 14.6. The number of hydrogen-bond donors (Lipinski definition) is 1. The molecule has 36 heavy (non-hydrogen) atoms. The fourth-order valence-corrected chi connectivity index (χ4v) is 4.33. The molecular weight excluding hydrogens is 472 g/mol. The number of halogens is 2. The van der Waals surface area contributed by atoms with E-state index in [1.807, 2.05) is 4.57 Å². The third kappa shape index (κ3) is 4.32. The predicted molar refractivity (Wildman–Crippen MR) is 124 cm³/mol. The number of nitrogens with zero attached hydrogens (tertiary/aromatic N) is 6. The lowest BCUT2D eigenvalue weighted by molar-refractivity contribution is 0.0591. The summed E-state index contributed by atoms with van der Waals surface area (Å²) in [6.45, 7) is 0. The van der Waals surface area contributed by atoms with E-state index in [2.05, 4.69) is 30.2 Å². The van der Waals surface area contributed by atoms with E-state index < -0.39 is 29.1 Å². The number of anilines is 1. The first-order valence-electron chi connectivity index (χ1n) is 11.2. The number of nitrogens with one attached hydrogen (secondary N) is 1. The van der Waals surface area contributed by atoms with Gasteiger partial charge in [0.2, 0.25) is 0 Å². The molecular formula is C24H21F2N7O3. The zero-order chi connectivity index (χ0) is 25.2. The number of methoxy groups -OCH3 is 1. The first kappa shape index (κ1) is 23.3. The van der Waals surface area contributed by atoms with Crippen LogP contribution in [-0.4, -0.2) is 48.3 Å². The Kier molecular flexibility index (Phi) is 6.23. The molecule has 1 amide bonds. The van der Waals surface area contributed by atoms with Crippen molar-refractivity contribution in [3.05, 3.63) is 72.1 Å². The number of ether oxygens (including phenoxy) is 1. The third-order valence-electron chi connectivity index (χ3n) is 6.08. The molecule has 3 heterocycles. The normalized spacial score (nSPS) is 13.6. The van der Waals surface area contributed by atoms with E-state index in [4.69, 9.17) is 0 Å². The molecule has 1 saturated carbocycles. The summed E-state index contributed by atoms with van der Waals surface area (Å²) in [5.74, 6) is -2.96. The molecule has 0 saturated heterocycles. The summed E-state index contributed by atoms with van der Waals surface area (Å²) in [5.41, 5.74) is -0.281. The van der Waals surface area contributed by atoms with Crippen LogP contribution < -0.4 is 5.32 Å². The average Bonchev–Trinajstić information content (AvgIpc) is 3.65. The van der Waals surface area contributed by atoms with Gasteiger partial charge in [0.1, 0.15) is 29.5 Å². The predicted octanol–water partition coefficient (Wildman–Crippen LogP) is 3.96. The maximum Gasteiger partial charge on any atom is 0.356 e. The van der Waals surface area contributed by atoms with Crippen molar-refractivity contribution in [3.63, 3.8) is 0 Å². The van der Waals surface area contributed by atoms with Crippen LogP contribution in [0.5, 0.6) is 0 Å². The van der Waals surface area contributed by atoms with E-state index in [1.54, 1.807) is 24.5 Å². The van der Waals surface area contributed by atoms with Gasteiger partial charge in [-0.05, 0) is 31.0 Å². The van der Waals surface area contributed by atoms with Gasteiger partial charge in [-0.1, -0.05) is 18.9 Å². The van der Waals surface area contributed by atoms with Gasteiger partial charge in [0, 0.05) is 12.1 Å². The van der Waals surface area contributed by atoms with Gasteiger partial charge in [0.25, 0.3) is 5.91 Å². The number of aromatic nitrogens is 6. The number of pyridine rings is 1. The summed E-state index contributed by atoms with van der Waals surface area (Å²) in [6, 6.07) is 6.83. The Bertz CT molecular complexity index is 1440. The van der Waals surface area contributed by atoms with Gasteiger partial charge in [0.15, 0.2) is 11.5 Å². The van der Waals surface area contributed by atoms with Crippen LogP contribution in [-0.2, 0) is 4.74 Å². The van der Waals surface area contributed by atoms with Gasteiger partial charge in [-0.3, -0.25) is 9.36 Å². The first-order chi connectivity index (χ1) is 17.5. The largest absolute Gasteiger partial charge is 0.464 e. The average molecular weight is 493 g/mol. The molecule has 5 rings (SSSR count). The monoisotopic (exact) mass is 493 g/mol. The zero-order valence-electron chi connectivity index (χ0n) is 19.2. The van der Waals surface area contributed by atoms with Crippen LogP contribution in [0.2, 0.25) is 0 Å². The molecule has 0 spiro atoms. The highest BCUT2D eigenvalue weighted by atomic mass is 19.1. The van der Waals surface area contributed by atoms with E-state index in [9.17, 15) is 18.4 Å². The second kappa shape index (κ2) is 9.64. The van der Waals surface area contributed by atoms with Crippen molar-refractivity contribution in [2.75, 3.05) is 12.4 Å². The van der Waals surface area contributed by atoms with Gasteiger partial charge in [-0.25, -0.2) is 23.5 Å². The Morgan fingerprint density at radius 3 is 2.69 bits per heavy atom. The van der Waals surface area contributed by atoms with Crippen LogP contribution in [0.1, 0.15) is 52.6 Å². The number of carbonyl (C=O) groups is 2. The van der Waals surface area contributed by atoms with Crippen molar-refractivity contribution in [1.82, 2.24) is 29.3 Å². The number of imidazole rings is 1. The minimum Gasteiger partial charge on any atom is -0.464 e. The van der Waals surface area contributed by atoms with Crippen LogP contribution in [0.15, 0.2) is 49.2 Å². The molecule has 1 aliphatic rings. The molecule has 0 aliphatic heterocycles. The van der Waals surface area contributed by atoms with Crippen molar-refractivity contribution in [2.45, 2.75) is 31.7 Å². The molecule has 0 unspecified atom stereocenters. The lowest BCUT2D eigenvalue weighted by Gasteiger charge is -2.14. The number of esters is 1. The summed E-state index contributed by atoms with van der Waals surface area (Å²) >= 11 is 0. The van der Waals surface area contributed by atoms with Gasteiger partial charge < -0.3 is 14.6 Å². The Hall–Kier alpha value is -4.48. The molecule has 4 aromatic rings. The van der Waals surface area contributed by atoms with E-state index in [0.717, 1.165) is 49.8 Å². The summed E-state index contributed by atoms with van der Waals surface area (Å²) in [5, 5.41) is 10.8. The molecule has 1 N–H and O–H groups in total. The molecule has 184 valence electrons. The fraction of sp³-hybridized carbons (Fsp3) is 0.250. The standard InChI is InChI=1S/C24H21F2N7O3/c1-36-24(35)20-11-27-12-33(20)19-9-15(16(25)10-17(19)26)23(34)30-21-8-4-7-18(29-21)22-31-28-13-32(22)14-5-2-3-6-14/h4,7-14H,2-3,5-6H2,1H3,(H,29,30,34). The van der Waals surface area contributed by atoms with Crippen molar-refractivity contribution < 1.29 is 23.1 Å². The number of hydrogen-bond acceptors (Lipinski definition) is 7. The van der Waals surface area contributed by atoms with E-state index in [-0.39, 0.29) is 17.2 Å². The molecule has 0 bridgehead atoms. The molecule has 1 fully saturated rings. The van der Waals surface area contributed by atoms with Crippen molar-refractivity contribution in [1.29, 1.82) is 0 Å². The number of rotatable bonds is 6. The van der Waals surface area contributed by atoms with E-state index in [1.165, 1.54) is 6.20 Å². The molecule has 1 aliphatic carbocycles. The maximum absolute atomic E-state index is 14.6. The third-order valence-corrected chi connectivity index (χ3v) is 6.08. The zero-order valence-corrected chi connectivity index (χ0v) is 19.2. The van der Waals surface area contributed by atoms with Crippen molar-refractivity contribution >= 4 is 17.7 Å². The summed E-state index contributed by atoms with van der Waals surface area (Å²) in [6.07, 6.45) is 8.34. The van der Waals surface area contributed by atoms with Crippen LogP contribution in [0, 0.1) is 11.6 Å². The van der Waals surface area contributed by atoms with E-state index >= 15 is 0 Å². The van der Waals surface area contributed by atoms with Gasteiger partial charge >= 0.3 is 5.97 Å². The molecule has 3 aromatic heterocycles. The smallest absolute Gasteiger partial charge is 0.356 e. The molecule has 0 radical (unpaired) electrons. The van der Waals surface area contributed by atoms with Gasteiger partial charge in [-0.2, -0.15) is 0 Å². The Morgan fingerprint density at radius 1 is 1.11 bits per heavy atom. The molecule has 12 heteroatoms. The highest BCUT2D eigenvalue weighted by Gasteiger charge is 2.23. The number of benzene rings is 1. The Balaban J connectivity index is 1.43. The number of amides is 1. The second-order valence-corrected chi connectivity index (χ2v) is 8.29. The first-order valence-corrected chi connectivity index (χ1v) is 11.2. The van der Waals surface area contributed by atoms with Gasteiger partial charge in [-0.15, -0.1) is 10.2 Å². The van der Waals surface area contributed by atoms with Crippen LogP contribution in [0.25, 0.3) is 17.2 Å². The Morgan fingerprint density at radius 2 is 1.92 bits per heavy atom. The van der Waals surface area contributed by atoms with Crippen LogP contribution in [0.3, 0.4) is 0 Å². The van der Waals surface area contributed by atoms with Crippen molar-refractivity contribution in [3.8, 4) is 17.2 Å². The Labute approximate surface area is 204 Å². The molecule has 10 nitrogen and oxygen atoms in total. The lowest BCUT2D eigenvalue weighted by Crippen LogP contribution is -2.17. The fourth-order valence-electron chi connectivity index (χ4n) is 4.33. The second-order valence-electron chi connectivity index (χ2n) is 8.29. The highest BCUT2D eigenvalue weighted by molar-refractivity contribution is 6.04. The summed E-state index contributed by atoms with van der Waals surface area (Å²) in [4.78, 5) is 33.2. The molecule has 0 atom stereocenters. The lowest BCUT2D eigenvalue weighted by atomic mass is 10.1. The quantitative estimate of drug-likeness (QED) is 0.404. The SMILES string of the molecule is COC(=O)c1cncn1-c1cc(C(=O)Nc2cccc(-c3nncn3C3CCCC3)n2)c(F)cc1F. The van der Waals surface area contributed by atoms with Crippen molar-refractivity contribution in [2.24, 2.45) is 0 Å². The van der Waals surface area contributed by atoms with E-state index in [0.29, 0.717) is 23.6 Å². The minimum atomic E-state index is -1.08. The highest BCUT2D eigenvalue weighted by Crippen LogP contribution is 2.32. The summed E-state index contributed by atoms with van der Waals surface area (Å²) < 4.78 is 36.9. The van der Waals surface area contributed by atoms with Gasteiger partial charge in [0.05, 0.1) is 30.9 Å². The minimum absolute atomic E-state index is 0.0879. The van der Waals surface area contributed by atoms with Crippen LogP contribution >= 0.6 is 0 Å². The van der Waals surface area contributed by atoms with Crippen LogP contribution in [0.4, 0.5) is 14.6 Å².